The van der Waals surface area contributed by atoms with Crippen molar-refractivity contribution in [1.82, 2.24) is 9.62 Å². The van der Waals surface area contributed by atoms with Gasteiger partial charge in [-0.15, -0.1) is 0 Å². The van der Waals surface area contributed by atoms with E-state index in [0.717, 1.165) is 24.5 Å². The van der Waals surface area contributed by atoms with Crippen LogP contribution < -0.4 is 10.0 Å². The van der Waals surface area contributed by atoms with E-state index in [4.69, 9.17) is 11.6 Å². The SMILES string of the molecule is CS(=O)(=O)N1CCCC(NC(=O)c2ccc(NS(=O)(=O)c3ccc(F)c(Cl)c3)cc2)C1. The maximum absolute atomic E-state index is 13.3. The Morgan fingerprint density at radius 3 is 2.42 bits per heavy atom. The van der Waals surface area contributed by atoms with Gasteiger partial charge in [0.25, 0.3) is 15.9 Å². The fourth-order valence-electron chi connectivity index (χ4n) is 3.18. The van der Waals surface area contributed by atoms with Crippen molar-refractivity contribution in [3.05, 3.63) is 58.9 Å². The Hall–Kier alpha value is -2.21. The highest BCUT2D eigenvalue weighted by Crippen LogP contribution is 2.22. The number of hydrogen-bond donors (Lipinski definition) is 2. The molecule has 1 amide bonds. The van der Waals surface area contributed by atoms with E-state index in [1.54, 1.807) is 0 Å². The average Bonchev–Trinajstić information content (AvgIpc) is 2.69. The third-order valence-corrected chi connectivity index (χ3v) is 7.73. The van der Waals surface area contributed by atoms with Crippen molar-refractivity contribution in [3.8, 4) is 0 Å². The average molecular weight is 490 g/mol. The van der Waals surface area contributed by atoms with Crippen LogP contribution in [0, 0.1) is 5.82 Å². The van der Waals surface area contributed by atoms with E-state index in [9.17, 15) is 26.0 Å². The molecule has 0 aliphatic carbocycles. The summed E-state index contributed by atoms with van der Waals surface area (Å²) in [4.78, 5) is 12.3. The summed E-state index contributed by atoms with van der Waals surface area (Å²) in [5.41, 5.74) is 0.502. The molecule has 0 aromatic heterocycles. The molecule has 0 saturated carbocycles. The molecule has 168 valence electrons. The highest BCUT2D eigenvalue weighted by molar-refractivity contribution is 7.92. The van der Waals surface area contributed by atoms with E-state index in [1.807, 2.05) is 0 Å². The fourth-order valence-corrected chi connectivity index (χ4v) is 5.42. The van der Waals surface area contributed by atoms with Gasteiger partial charge in [-0.05, 0) is 55.3 Å². The maximum Gasteiger partial charge on any atom is 0.261 e. The molecule has 2 N–H and O–H groups in total. The summed E-state index contributed by atoms with van der Waals surface area (Å²) < 4.78 is 65.2. The van der Waals surface area contributed by atoms with Gasteiger partial charge in [-0.2, -0.15) is 0 Å². The molecule has 0 spiro atoms. The van der Waals surface area contributed by atoms with E-state index in [-0.39, 0.29) is 34.1 Å². The van der Waals surface area contributed by atoms with Crippen LogP contribution in [-0.2, 0) is 20.0 Å². The number of hydrogen-bond acceptors (Lipinski definition) is 5. The molecular weight excluding hydrogens is 469 g/mol. The van der Waals surface area contributed by atoms with Crippen molar-refractivity contribution < 1.29 is 26.0 Å². The zero-order chi connectivity index (χ0) is 22.8. The van der Waals surface area contributed by atoms with Gasteiger partial charge in [0.2, 0.25) is 10.0 Å². The summed E-state index contributed by atoms with van der Waals surface area (Å²) in [6.07, 6.45) is 2.44. The number of halogens is 2. The smallest absolute Gasteiger partial charge is 0.261 e. The zero-order valence-corrected chi connectivity index (χ0v) is 18.9. The molecule has 2 aromatic carbocycles. The molecule has 31 heavy (non-hydrogen) atoms. The molecule has 2 aromatic rings. The van der Waals surface area contributed by atoms with E-state index < -0.39 is 25.9 Å². The number of carbonyl (C=O) groups excluding carboxylic acids is 1. The van der Waals surface area contributed by atoms with Gasteiger partial charge < -0.3 is 5.32 Å². The first-order valence-electron chi connectivity index (χ1n) is 9.29. The van der Waals surface area contributed by atoms with E-state index in [1.165, 1.54) is 28.6 Å². The molecular formula is C19H21ClFN3O5S2. The van der Waals surface area contributed by atoms with Crippen molar-refractivity contribution in [2.45, 2.75) is 23.8 Å². The number of nitrogens with one attached hydrogen (secondary N) is 2. The van der Waals surface area contributed by atoms with Crippen LogP contribution >= 0.6 is 11.6 Å². The van der Waals surface area contributed by atoms with Gasteiger partial charge in [0.15, 0.2) is 0 Å². The number of rotatable bonds is 6. The topological polar surface area (TPSA) is 113 Å². The quantitative estimate of drug-likeness (QED) is 0.647. The monoisotopic (exact) mass is 489 g/mol. The largest absolute Gasteiger partial charge is 0.348 e. The Bertz CT molecular complexity index is 1190. The summed E-state index contributed by atoms with van der Waals surface area (Å²) in [6, 6.07) is 8.48. The lowest BCUT2D eigenvalue weighted by Crippen LogP contribution is -2.49. The first-order valence-corrected chi connectivity index (χ1v) is 13.0. The number of piperidine rings is 1. The Kier molecular flexibility index (Phi) is 6.89. The first kappa shape index (κ1) is 23.5. The second-order valence-electron chi connectivity index (χ2n) is 7.19. The summed E-state index contributed by atoms with van der Waals surface area (Å²) in [5.74, 6) is -1.12. The number of sulfonamides is 2. The molecule has 1 unspecified atom stereocenters. The molecule has 1 saturated heterocycles. The van der Waals surface area contributed by atoms with Gasteiger partial charge in [-0.3, -0.25) is 9.52 Å². The summed E-state index contributed by atoms with van der Waals surface area (Å²) in [7, 11) is -7.32. The lowest BCUT2D eigenvalue weighted by atomic mass is 10.1. The predicted octanol–water partition coefficient (Wildman–Crippen LogP) is 2.43. The van der Waals surface area contributed by atoms with Crippen molar-refractivity contribution in [2.75, 3.05) is 24.1 Å². The number of anilines is 1. The molecule has 1 atom stereocenters. The standard InChI is InChI=1S/C19H21ClFN3O5S2/c1-30(26,27)24-10-2-3-15(12-24)22-19(25)13-4-6-14(7-5-13)23-31(28,29)16-8-9-18(21)17(20)11-16/h4-9,11,15,23H,2-3,10,12H2,1H3,(H,22,25). The molecule has 1 heterocycles. The van der Waals surface area contributed by atoms with Crippen LogP contribution in [0.5, 0.6) is 0 Å². The van der Waals surface area contributed by atoms with Crippen molar-refractivity contribution in [2.24, 2.45) is 0 Å². The van der Waals surface area contributed by atoms with Crippen LogP contribution in [0.2, 0.25) is 5.02 Å². The Morgan fingerprint density at radius 2 is 1.81 bits per heavy atom. The van der Waals surface area contributed by atoms with E-state index in [2.05, 4.69) is 10.0 Å². The minimum atomic E-state index is -3.99. The number of benzene rings is 2. The van der Waals surface area contributed by atoms with Crippen LogP contribution in [-0.4, -0.2) is 52.4 Å². The van der Waals surface area contributed by atoms with Crippen LogP contribution in [0.1, 0.15) is 23.2 Å². The van der Waals surface area contributed by atoms with E-state index >= 15 is 0 Å². The minimum absolute atomic E-state index is 0.201. The number of carbonyl (C=O) groups is 1. The lowest BCUT2D eigenvalue weighted by Gasteiger charge is -2.31. The zero-order valence-electron chi connectivity index (χ0n) is 16.5. The third-order valence-electron chi connectivity index (χ3n) is 4.79. The van der Waals surface area contributed by atoms with Crippen LogP contribution in [0.3, 0.4) is 0 Å². The molecule has 1 fully saturated rings. The van der Waals surface area contributed by atoms with Crippen LogP contribution in [0.4, 0.5) is 10.1 Å². The highest BCUT2D eigenvalue weighted by Gasteiger charge is 2.27. The molecule has 3 rings (SSSR count). The summed E-state index contributed by atoms with van der Waals surface area (Å²) in [5, 5.41) is 2.50. The number of amides is 1. The molecule has 1 aliphatic rings. The normalized spacial score (nSPS) is 17.8. The van der Waals surface area contributed by atoms with E-state index in [0.29, 0.717) is 24.9 Å². The Balaban J connectivity index is 1.65. The summed E-state index contributed by atoms with van der Waals surface area (Å²) >= 11 is 5.64. The maximum atomic E-state index is 13.3. The van der Waals surface area contributed by atoms with Crippen molar-refractivity contribution in [3.63, 3.8) is 0 Å². The lowest BCUT2D eigenvalue weighted by molar-refractivity contribution is 0.0921. The van der Waals surface area contributed by atoms with Crippen LogP contribution in [0.25, 0.3) is 0 Å². The third kappa shape index (κ3) is 5.94. The van der Waals surface area contributed by atoms with Crippen LogP contribution in [0.15, 0.2) is 47.4 Å². The van der Waals surface area contributed by atoms with Gasteiger partial charge in [0.1, 0.15) is 5.82 Å². The number of nitrogens with zero attached hydrogens (tertiary/aromatic N) is 1. The minimum Gasteiger partial charge on any atom is -0.348 e. The van der Waals surface area contributed by atoms with Gasteiger partial charge in [0, 0.05) is 30.4 Å². The fraction of sp³-hybridized carbons (Fsp3) is 0.316. The molecule has 1 aliphatic heterocycles. The summed E-state index contributed by atoms with van der Waals surface area (Å²) in [6.45, 7) is 0.641. The molecule has 0 radical (unpaired) electrons. The second kappa shape index (κ2) is 9.11. The van der Waals surface area contributed by atoms with Crippen molar-refractivity contribution in [1.29, 1.82) is 0 Å². The van der Waals surface area contributed by atoms with Gasteiger partial charge in [-0.25, -0.2) is 25.5 Å². The molecule has 12 heteroatoms. The van der Waals surface area contributed by atoms with Gasteiger partial charge >= 0.3 is 0 Å². The molecule has 0 bridgehead atoms. The molecule has 8 nitrogen and oxygen atoms in total. The van der Waals surface area contributed by atoms with Gasteiger partial charge in [0.05, 0.1) is 16.2 Å². The predicted molar refractivity (Wildman–Crippen MR) is 116 cm³/mol. The highest BCUT2D eigenvalue weighted by atomic mass is 35.5. The Morgan fingerprint density at radius 1 is 1.13 bits per heavy atom. The second-order valence-corrected chi connectivity index (χ2v) is 11.3. The first-order chi connectivity index (χ1) is 14.5. The van der Waals surface area contributed by atoms with Gasteiger partial charge in [-0.1, -0.05) is 11.6 Å². The Labute approximate surface area is 185 Å². The van der Waals surface area contributed by atoms with Crippen molar-refractivity contribution >= 4 is 43.2 Å².